The molecule has 1 aromatic carbocycles. The molecule has 1 spiro atoms. The molecule has 2 bridgehead atoms. The highest BCUT2D eigenvalue weighted by molar-refractivity contribution is 5.89. The van der Waals surface area contributed by atoms with Crippen LogP contribution in [0.15, 0.2) is 18.2 Å². The molecule has 11 heteroatoms. The van der Waals surface area contributed by atoms with Gasteiger partial charge in [0.2, 0.25) is 11.8 Å². The number of methoxy groups -OCH3 is 1. The van der Waals surface area contributed by atoms with Crippen LogP contribution in [0.25, 0.3) is 11.0 Å². The lowest BCUT2D eigenvalue weighted by atomic mass is 9.85. The van der Waals surface area contributed by atoms with Crippen molar-refractivity contribution < 1.29 is 33.4 Å². The predicted octanol–water partition coefficient (Wildman–Crippen LogP) is 3.65. The van der Waals surface area contributed by atoms with Crippen molar-refractivity contribution in [2.24, 2.45) is 22.7 Å². The van der Waals surface area contributed by atoms with Crippen LogP contribution >= 0.6 is 0 Å². The van der Waals surface area contributed by atoms with Crippen molar-refractivity contribution in [1.82, 2.24) is 20.2 Å². The summed E-state index contributed by atoms with van der Waals surface area (Å²) in [6.45, 7) is 7.56. The Bertz CT molecular complexity index is 1470. The van der Waals surface area contributed by atoms with Gasteiger partial charge in [0.1, 0.15) is 41.8 Å². The number of carbonyl (C=O) groups is 4. The molecule has 1 saturated heterocycles. The van der Waals surface area contributed by atoms with Gasteiger partial charge >= 0.3 is 6.09 Å². The number of nitrogens with zero attached hydrogens (tertiary/aromatic N) is 3. The van der Waals surface area contributed by atoms with Crippen molar-refractivity contribution in [3.05, 3.63) is 23.9 Å². The highest BCUT2D eigenvalue weighted by atomic mass is 16.6. The van der Waals surface area contributed by atoms with E-state index in [1.165, 1.54) is 4.90 Å². The Hall–Kier alpha value is -3.76. The molecule has 3 heterocycles. The molecule has 1 N–H and O–H groups in total. The van der Waals surface area contributed by atoms with Crippen molar-refractivity contribution in [1.29, 1.82) is 0 Å². The first-order valence-electron chi connectivity index (χ1n) is 15.2. The standard InChI is InChI=1S/C32H40N4O7/c1-17-23(16-37)36-15-25(17)42-28-21(33-20-7-6-19(41-5)14-22(20)34-28)8-9-32(10-11-32)26(38)13-18-12-24(18)43-30(40)35-27(29(36)39)31(2,3)4/h6-7,14,16-18,23-25,27H,8-13,15H2,1-5H3,(H,35,40)/t17-,18-,23+,24+,25-,27+/m0/s1. The number of benzene rings is 1. The van der Waals surface area contributed by atoms with Gasteiger partial charge in [0.05, 0.1) is 30.7 Å². The summed E-state index contributed by atoms with van der Waals surface area (Å²) < 4.78 is 17.6. The molecule has 1 aromatic heterocycles. The molecule has 2 aromatic rings. The fourth-order valence-corrected chi connectivity index (χ4v) is 6.46. The van der Waals surface area contributed by atoms with E-state index in [0.29, 0.717) is 54.0 Å². The zero-order chi connectivity index (χ0) is 30.7. The second kappa shape index (κ2) is 10.7. The minimum absolute atomic E-state index is 0.0210. The van der Waals surface area contributed by atoms with Crippen LogP contribution in [0.3, 0.4) is 0 Å². The van der Waals surface area contributed by atoms with Gasteiger partial charge in [0.25, 0.3) is 0 Å². The quantitative estimate of drug-likeness (QED) is 0.518. The Labute approximate surface area is 251 Å². The Balaban J connectivity index is 1.38. The molecule has 11 nitrogen and oxygen atoms in total. The monoisotopic (exact) mass is 592 g/mol. The van der Waals surface area contributed by atoms with Crippen LogP contribution in [0.5, 0.6) is 11.6 Å². The number of hydrogen-bond donors (Lipinski definition) is 1. The second-order valence-electron chi connectivity index (χ2n) is 13.8. The van der Waals surface area contributed by atoms with Crippen molar-refractivity contribution in [3.63, 3.8) is 0 Å². The molecule has 43 heavy (non-hydrogen) atoms. The number of aryl methyl sites for hydroxylation is 1. The maximum atomic E-state index is 14.0. The summed E-state index contributed by atoms with van der Waals surface area (Å²) in [4.78, 5) is 63.9. The van der Waals surface area contributed by atoms with Gasteiger partial charge in [-0.2, -0.15) is 0 Å². The van der Waals surface area contributed by atoms with Crippen LogP contribution in [-0.2, 0) is 25.5 Å². The fraction of sp³-hybridized carbons (Fsp3) is 0.625. The smallest absolute Gasteiger partial charge is 0.408 e. The summed E-state index contributed by atoms with van der Waals surface area (Å²) >= 11 is 0. The van der Waals surface area contributed by atoms with Crippen molar-refractivity contribution in [3.8, 4) is 11.6 Å². The molecule has 6 rings (SSSR count). The van der Waals surface area contributed by atoms with Crippen LogP contribution in [-0.4, -0.2) is 76.9 Å². The first-order chi connectivity index (χ1) is 20.4. The number of amides is 2. The van der Waals surface area contributed by atoms with Gasteiger partial charge in [0.15, 0.2) is 0 Å². The Kier molecular flexibility index (Phi) is 7.33. The molecule has 0 radical (unpaired) electrons. The maximum absolute atomic E-state index is 14.0. The molecular formula is C32H40N4O7. The van der Waals surface area contributed by atoms with Crippen LogP contribution < -0.4 is 14.8 Å². The number of carbonyl (C=O) groups excluding carboxylic acids is 4. The zero-order valence-corrected chi connectivity index (χ0v) is 25.4. The third-order valence-electron chi connectivity index (χ3n) is 9.68. The van der Waals surface area contributed by atoms with E-state index in [9.17, 15) is 19.2 Å². The topological polar surface area (TPSA) is 137 Å². The lowest BCUT2D eigenvalue weighted by Crippen LogP contribution is -2.56. The van der Waals surface area contributed by atoms with E-state index >= 15 is 0 Å². The van der Waals surface area contributed by atoms with Gasteiger partial charge in [-0.1, -0.05) is 27.7 Å². The molecule has 2 aliphatic heterocycles. The second-order valence-corrected chi connectivity index (χ2v) is 13.8. The SMILES string of the molecule is COc1ccc2nc3c(nc2c1)O[C@H]1CN(C(=O)[C@H](C(C)(C)C)NC(=O)O[C@@H]2C[C@H]2CC(=O)C2(CC3)CC2)[C@H](C=O)[C@@H]1C. The van der Waals surface area contributed by atoms with Gasteiger partial charge in [-0.3, -0.25) is 9.59 Å². The highest BCUT2D eigenvalue weighted by Gasteiger charge is 2.53. The summed E-state index contributed by atoms with van der Waals surface area (Å²) in [7, 11) is 1.58. The molecule has 230 valence electrons. The van der Waals surface area contributed by atoms with E-state index in [2.05, 4.69) is 5.32 Å². The highest BCUT2D eigenvalue weighted by Crippen LogP contribution is 2.53. The molecular weight excluding hydrogens is 552 g/mol. The zero-order valence-electron chi connectivity index (χ0n) is 25.4. The Morgan fingerprint density at radius 3 is 2.51 bits per heavy atom. The Morgan fingerprint density at radius 1 is 1.07 bits per heavy atom. The van der Waals surface area contributed by atoms with Gasteiger partial charge in [0, 0.05) is 29.7 Å². The molecule has 4 aliphatic rings. The Morgan fingerprint density at radius 2 is 1.84 bits per heavy atom. The van der Waals surface area contributed by atoms with E-state index in [-0.39, 0.29) is 36.2 Å². The van der Waals surface area contributed by atoms with Crippen LogP contribution in [0, 0.1) is 22.7 Å². The number of fused-ring (bicyclic) bond motifs is 5. The number of hydrogen-bond acceptors (Lipinski definition) is 9. The van der Waals surface area contributed by atoms with Crippen LogP contribution in [0.1, 0.15) is 65.5 Å². The largest absolute Gasteiger partial charge is 0.497 e. The molecule has 3 fully saturated rings. The summed E-state index contributed by atoms with van der Waals surface area (Å²) in [5, 5.41) is 2.77. The van der Waals surface area contributed by atoms with Gasteiger partial charge in [-0.05, 0) is 49.7 Å². The number of nitrogens with one attached hydrogen (secondary N) is 1. The van der Waals surface area contributed by atoms with E-state index in [1.54, 1.807) is 13.2 Å². The maximum Gasteiger partial charge on any atom is 0.408 e. The van der Waals surface area contributed by atoms with Gasteiger partial charge < -0.3 is 29.2 Å². The fourth-order valence-electron chi connectivity index (χ4n) is 6.46. The summed E-state index contributed by atoms with van der Waals surface area (Å²) in [6.07, 6.45) is 2.92. The lowest BCUT2D eigenvalue weighted by Gasteiger charge is -2.34. The van der Waals surface area contributed by atoms with Gasteiger partial charge in [-0.25, -0.2) is 14.8 Å². The number of Topliss-reactive ketones (excluding diaryl/α,β-unsaturated/α-hetero) is 1. The van der Waals surface area contributed by atoms with E-state index in [1.807, 2.05) is 39.8 Å². The molecule has 2 amide bonds. The molecule has 0 unspecified atom stereocenters. The lowest BCUT2D eigenvalue weighted by molar-refractivity contribution is -0.139. The number of rotatable bonds is 2. The average Bonchev–Trinajstić information content (AvgIpc) is 3.88. The molecule has 2 saturated carbocycles. The number of aldehydes is 1. The van der Waals surface area contributed by atoms with E-state index in [4.69, 9.17) is 24.2 Å². The predicted molar refractivity (Wildman–Crippen MR) is 156 cm³/mol. The third kappa shape index (κ3) is 5.65. The summed E-state index contributed by atoms with van der Waals surface area (Å²) in [5.41, 5.74) is 0.853. The van der Waals surface area contributed by atoms with Crippen molar-refractivity contribution in [2.45, 2.75) is 90.5 Å². The number of ether oxygens (including phenoxy) is 3. The normalized spacial score (nSPS) is 30.7. The summed E-state index contributed by atoms with van der Waals surface area (Å²) in [6, 6.07) is 3.77. The van der Waals surface area contributed by atoms with E-state index < -0.39 is 35.1 Å². The van der Waals surface area contributed by atoms with Crippen LogP contribution in [0.2, 0.25) is 0 Å². The first kappa shape index (κ1) is 29.3. The number of ketones is 1. The number of alkyl carbamates (subject to hydrolysis) is 1. The minimum Gasteiger partial charge on any atom is -0.497 e. The van der Waals surface area contributed by atoms with Crippen molar-refractivity contribution >= 4 is 35.1 Å². The third-order valence-corrected chi connectivity index (χ3v) is 9.68. The first-order valence-corrected chi connectivity index (χ1v) is 15.2. The molecule has 6 atom stereocenters. The van der Waals surface area contributed by atoms with Gasteiger partial charge in [-0.15, -0.1) is 0 Å². The van der Waals surface area contributed by atoms with Crippen LogP contribution in [0.4, 0.5) is 4.79 Å². The number of aromatic nitrogens is 2. The summed E-state index contributed by atoms with van der Waals surface area (Å²) in [5.74, 6) is 0.408. The minimum atomic E-state index is -0.940. The van der Waals surface area contributed by atoms with Crippen molar-refractivity contribution in [2.75, 3.05) is 13.7 Å². The molecule has 2 aliphatic carbocycles. The van der Waals surface area contributed by atoms with E-state index in [0.717, 1.165) is 19.1 Å². The average molecular weight is 593 g/mol.